The largest absolute Gasteiger partial charge is 0.298 e. The Hall–Kier alpha value is -1.38. The van der Waals surface area contributed by atoms with E-state index >= 15 is 0 Å². The van der Waals surface area contributed by atoms with Crippen LogP contribution in [0.15, 0.2) is 30.3 Å². The van der Waals surface area contributed by atoms with Gasteiger partial charge in [-0.15, -0.1) is 0 Å². The minimum atomic E-state index is 0.560. The Bertz CT molecular complexity index is 582. The Morgan fingerprint density at radius 3 is 2.65 bits per heavy atom. The molecule has 0 atom stereocenters. The van der Waals surface area contributed by atoms with Crippen molar-refractivity contribution in [3.8, 4) is 11.3 Å². The van der Waals surface area contributed by atoms with Gasteiger partial charge in [0, 0.05) is 21.8 Å². The van der Waals surface area contributed by atoms with E-state index in [1.807, 2.05) is 6.92 Å². The van der Waals surface area contributed by atoms with E-state index in [0.717, 1.165) is 17.5 Å². The number of pyridine rings is 1. The maximum absolute atomic E-state index is 10.8. The van der Waals surface area contributed by atoms with Crippen LogP contribution in [0, 0.1) is 6.92 Å². The van der Waals surface area contributed by atoms with Crippen LogP contribution < -0.4 is 0 Å². The summed E-state index contributed by atoms with van der Waals surface area (Å²) in [4.78, 5) is 15.2. The molecule has 2 aromatic rings. The minimum Gasteiger partial charge on any atom is -0.298 e. The van der Waals surface area contributed by atoms with Crippen LogP contribution in [-0.2, 0) is 0 Å². The molecule has 0 unspecified atom stereocenters. The maximum atomic E-state index is 10.8. The Balaban J connectivity index is 2.63. The van der Waals surface area contributed by atoms with Gasteiger partial charge in [-0.1, -0.05) is 23.2 Å². The molecule has 86 valence electrons. The van der Waals surface area contributed by atoms with Gasteiger partial charge < -0.3 is 0 Å². The minimum absolute atomic E-state index is 0.560. The number of halogens is 2. The molecule has 0 saturated carbocycles. The molecule has 0 N–H and O–H groups in total. The summed E-state index contributed by atoms with van der Waals surface area (Å²) in [7, 11) is 0. The lowest BCUT2D eigenvalue weighted by Gasteiger charge is -2.06. The molecular weight excluding hydrogens is 257 g/mol. The molecule has 0 aliphatic heterocycles. The van der Waals surface area contributed by atoms with Gasteiger partial charge in [-0.05, 0) is 37.3 Å². The first-order valence-corrected chi connectivity index (χ1v) is 5.75. The van der Waals surface area contributed by atoms with Crippen LogP contribution in [0.3, 0.4) is 0 Å². The number of aldehydes is 1. The molecule has 4 heteroatoms. The number of benzene rings is 1. The van der Waals surface area contributed by atoms with Gasteiger partial charge in [0.05, 0.1) is 10.7 Å². The van der Waals surface area contributed by atoms with Gasteiger partial charge in [-0.2, -0.15) is 0 Å². The number of aromatic nitrogens is 1. The second-order valence-corrected chi connectivity index (χ2v) is 4.51. The Kier molecular flexibility index (Phi) is 3.46. The van der Waals surface area contributed by atoms with Gasteiger partial charge in [-0.3, -0.25) is 9.78 Å². The zero-order valence-electron chi connectivity index (χ0n) is 9.08. The van der Waals surface area contributed by atoms with E-state index in [1.54, 1.807) is 30.3 Å². The van der Waals surface area contributed by atoms with Crippen molar-refractivity contribution in [2.45, 2.75) is 6.92 Å². The second kappa shape index (κ2) is 4.86. The Morgan fingerprint density at radius 2 is 1.94 bits per heavy atom. The number of hydrogen-bond donors (Lipinski definition) is 0. The van der Waals surface area contributed by atoms with Gasteiger partial charge in [-0.25, -0.2) is 0 Å². The quantitative estimate of drug-likeness (QED) is 0.763. The van der Waals surface area contributed by atoms with Crippen LogP contribution in [0.1, 0.15) is 16.1 Å². The first-order valence-electron chi connectivity index (χ1n) is 4.99. The van der Waals surface area contributed by atoms with Gasteiger partial charge in [0.2, 0.25) is 0 Å². The topological polar surface area (TPSA) is 30.0 Å². The van der Waals surface area contributed by atoms with E-state index in [9.17, 15) is 4.79 Å². The number of carbonyl (C=O) groups is 1. The summed E-state index contributed by atoms with van der Waals surface area (Å²) < 4.78 is 0. The summed E-state index contributed by atoms with van der Waals surface area (Å²) in [6.45, 7) is 1.83. The molecule has 17 heavy (non-hydrogen) atoms. The molecule has 0 radical (unpaired) electrons. The third kappa shape index (κ3) is 2.65. The number of hydrogen-bond acceptors (Lipinski definition) is 2. The highest BCUT2D eigenvalue weighted by Crippen LogP contribution is 2.29. The molecule has 1 aromatic carbocycles. The van der Waals surface area contributed by atoms with Crippen LogP contribution >= 0.6 is 23.2 Å². The predicted molar refractivity (Wildman–Crippen MR) is 69.8 cm³/mol. The van der Waals surface area contributed by atoms with Crippen LogP contribution in [0.5, 0.6) is 0 Å². The SMILES string of the molecule is Cc1cc(C=O)cc(-c2cc(Cl)ccc2Cl)n1. The van der Waals surface area contributed by atoms with Crippen molar-refractivity contribution in [3.63, 3.8) is 0 Å². The fourth-order valence-corrected chi connectivity index (χ4v) is 1.98. The van der Waals surface area contributed by atoms with E-state index in [0.29, 0.717) is 21.3 Å². The third-order valence-corrected chi connectivity index (χ3v) is 2.88. The lowest BCUT2D eigenvalue weighted by molar-refractivity contribution is 0.112. The van der Waals surface area contributed by atoms with Crippen LogP contribution in [0.4, 0.5) is 0 Å². The summed E-state index contributed by atoms with van der Waals surface area (Å²) in [6, 6.07) is 8.57. The highest BCUT2D eigenvalue weighted by molar-refractivity contribution is 6.35. The molecule has 0 spiro atoms. The van der Waals surface area contributed by atoms with Crippen molar-refractivity contribution < 1.29 is 4.79 Å². The van der Waals surface area contributed by atoms with E-state index in [1.165, 1.54) is 0 Å². The van der Waals surface area contributed by atoms with E-state index in [4.69, 9.17) is 23.2 Å². The Labute approximate surface area is 109 Å². The van der Waals surface area contributed by atoms with Crippen molar-refractivity contribution in [2.24, 2.45) is 0 Å². The number of carbonyl (C=O) groups excluding carboxylic acids is 1. The number of aryl methyl sites for hydroxylation is 1. The average molecular weight is 266 g/mol. The zero-order chi connectivity index (χ0) is 12.4. The highest BCUT2D eigenvalue weighted by Gasteiger charge is 2.07. The standard InChI is InChI=1S/C13H9Cl2NO/c1-8-4-9(7-17)5-13(16-8)11-6-10(14)2-3-12(11)15/h2-7H,1H3. The maximum Gasteiger partial charge on any atom is 0.150 e. The summed E-state index contributed by atoms with van der Waals surface area (Å²) in [5.41, 5.74) is 2.72. The zero-order valence-corrected chi connectivity index (χ0v) is 10.6. The molecular formula is C13H9Cl2NO. The lowest BCUT2D eigenvalue weighted by Crippen LogP contribution is -1.92. The molecule has 0 aliphatic rings. The van der Waals surface area contributed by atoms with Crippen LogP contribution in [0.25, 0.3) is 11.3 Å². The van der Waals surface area contributed by atoms with Gasteiger partial charge in [0.15, 0.2) is 0 Å². The van der Waals surface area contributed by atoms with Gasteiger partial charge in [0.25, 0.3) is 0 Å². The molecule has 2 rings (SSSR count). The normalized spacial score (nSPS) is 10.3. The van der Waals surface area contributed by atoms with Crippen LogP contribution in [0.2, 0.25) is 10.0 Å². The first-order chi connectivity index (χ1) is 8.10. The van der Waals surface area contributed by atoms with Crippen LogP contribution in [-0.4, -0.2) is 11.3 Å². The summed E-state index contributed by atoms with van der Waals surface area (Å²) in [5, 5.41) is 1.14. The smallest absolute Gasteiger partial charge is 0.150 e. The summed E-state index contributed by atoms with van der Waals surface area (Å²) in [6.07, 6.45) is 0.788. The average Bonchev–Trinajstić information content (AvgIpc) is 2.31. The molecule has 0 saturated heterocycles. The molecule has 0 fully saturated rings. The fraction of sp³-hybridized carbons (Fsp3) is 0.0769. The highest BCUT2D eigenvalue weighted by atomic mass is 35.5. The van der Waals surface area contributed by atoms with Crippen molar-refractivity contribution in [1.82, 2.24) is 4.98 Å². The van der Waals surface area contributed by atoms with E-state index in [-0.39, 0.29) is 0 Å². The van der Waals surface area contributed by atoms with E-state index in [2.05, 4.69) is 4.98 Å². The van der Waals surface area contributed by atoms with Crippen molar-refractivity contribution in [3.05, 3.63) is 51.6 Å². The molecule has 0 amide bonds. The molecule has 0 aliphatic carbocycles. The number of nitrogens with zero attached hydrogens (tertiary/aromatic N) is 1. The molecule has 2 nitrogen and oxygen atoms in total. The van der Waals surface area contributed by atoms with Gasteiger partial charge in [0.1, 0.15) is 6.29 Å². The first kappa shape index (κ1) is 12.1. The predicted octanol–water partition coefficient (Wildman–Crippen LogP) is 4.18. The summed E-state index contributed by atoms with van der Waals surface area (Å²) in [5.74, 6) is 0. The van der Waals surface area contributed by atoms with Gasteiger partial charge >= 0.3 is 0 Å². The second-order valence-electron chi connectivity index (χ2n) is 3.67. The molecule has 1 aromatic heterocycles. The molecule has 0 bridgehead atoms. The Morgan fingerprint density at radius 1 is 1.18 bits per heavy atom. The summed E-state index contributed by atoms with van der Waals surface area (Å²) >= 11 is 12.0. The number of rotatable bonds is 2. The fourth-order valence-electron chi connectivity index (χ4n) is 1.60. The van der Waals surface area contributed by atoms with Crippen molar-refractivity contribution in [2.75, 3.05) is 0 Å². The van der Waals surface area contributed by atoms with E-state index < -0.39 is 0 Å². The van der Waals surface area contributed by atoms with Crippen molar-refractivity contribution in [1.29, 1.82) is 0 Å². The molecule has 1 heterocycles. The van der Waals surface area contributed by atoms with Crippen molar-refractivity contribution >= 4 is 29.5 Å². The monoisotopic (exact) mass is 265 g/mol. The third-order valence-electron chi connectivity index (χ3n) is 2.32. The lowest BCUT2D eigenvalue weighted by atomic mass is 10.1.